The molecule has 92 valence electrons. The van der Waals surface area contributed by atoms with E-state index in [1.54, 1.807) is 0 Å². The second kappa shape index (κ2) is 11.1. The van der Waals surface area contributed by atoms with Gasteiger partial charge in [0, 0.05) is 36.7 Å². The summed E-state index contributed by atoms with van der Waals surface area (Å²) in [6, 6.07) is 0.886. The van der Waals surface area contributed by atoms with Gasteiger partial charge in [0.2, 0.25) is 0 Å². The molecule has 0 aromatic rings. The van der Waals surface area contributed by atoms with Crippen LogP contribution in [0.15, 0.2) is 0 Å². The van der Waals surface area contributed by atoms with Crippen molar-refractivity contribution >= 4 is 25.3 Å². The van der Waals surface area contributed by atoms with Gasteiger partial charge in [-0.15, -0.1) is 0 Å². The van der Waals surface area contributed by atoms with E-state index < -0.39 is 0 Å². The van der Waals surface area contributed by atoms with Crippen LogP contribution in [-0.2, 0) is 0 Å². The molecule has 2 atom stereocenters. The molecule has 3 N–H and O–H groups in total. The molecule has 0 rings (SSSR count). The van der Waals surface area contributed by atoms with Gasteiger partial charge >= 0.3 is 0 Å². The van der Waals surface area contributed by atoms with E-state index in [0.29, 0.717) is 12.1 Å². The van der Waals surface area contributed by atoms with Gasteiger partial charge in [-0.25, -0.2) is 0 Å². The van der Waals surface area contributed by atoms with Crippen LogP contribution in [0.2, 0.25) is 0 Å². The SMILES string of the molecule is CCNC[C@H](CS)NC[C@@H](CS)NCC. The van der Waals surface area contributed by atoms with Crippen LogP contribution in [0, 0.1) is 0 Å². The zero-order chi connectivity index (χ0) is 11.5. The van der Waals surface area contributed by atoms with E-state index in [-0.39, 0.29) is 0 Å². The molecule has 0 fully saturated rings. The predicted molar refractivity (Wildman–Crippen MR) is 75.5 cm³/mol. The Kier molecular flexibility index (Phi) is 11.5. The first-order valence-electron chi connectivity index (χ1n) is 5.67. The van der Waals surface area contributed by atoms with E-state index >= 15 is 0 Å². The Morgan fingerprint density at radius 1 is 0.867 bits per heavy atom. The Hall–Kier alpha value is 0.580. The molecule has 0 aliphatic rings. The normalized spacial score (nSPS) is 15.2. The van der Waals surface area contributed by atoms with Crippen LogP contribution in [0.5, 0.6) is 0 Å². The average Bonchev–Trinajstić information content (AvgIpc) is 2.27. The van der Waals surface area contributed by atoms with Crippen molar-refractivity contribution in [3.05, 3.63) is 0 Å². The summed E-state index contributed by atoms with van der Waals surface area (Å²) in [4.78, 5) is 0. The minimum atomic E-state index is 0.439. The van der Waals surface area contributed by atoms with Crippen LogP contribution >= 0.6 is 25.3 Å². The first kappa shape index (κ1) is 15.6. The maximum atomic E-state index is 4.33. The minimum Gasteiger partial charge on any atom is -0.315 e. The lowest BCUT2D eigenvalue weighted by Gasteiger charge is -2.21. The summed E-state index contributed by atoms with van der Waals surface area (Å²) in [7, 11) is 0. The van der Waals surface area contributed by atoms with Crippen molar-refractivity contribution in [3.63, 3.8) is 0 Å². The van der Waals surface area contributed by atoms with Gasteiger partial charge in [-0.1, -0.05) is 13.8 Å². The van der Waals surface area contributed by atoms with Crippen LogP contribution in [0.4, 0.5) is 0 Å². The van der Waals surface area contributed by atoms with Crippen molar-refractivity contribution in [2.45, 2.75) is 25.9 Å². The number of likely N-dealkylation sites (N-methyl/N-ethyl adjacent to an activating group) is 2. The second-order valence-corrected chi connectivity index (χ2v) is 4.26. The summed E-state index contributed by atoms with van der Waals surface area (Å²) in [5, 5.41) is 10.2. The van der Waals surface area contributed by atoms with Crippen LogP contribution in [0.1, 0.15) is 13.8 Å². The average molecular weight is 251 g/mol. The van der Waals surface area contributed by atoms with Crippen molar-refractivity contribution < 1.29 is 0 Å². The second-order valence-electron chi connectivity index (χ2n) is 3.53. The largest absolute Gasteiger partial charge is 0.315 e. The summed E-state index contributed by atoms with van der Waals surface area (Å²) < 4.78 is 0. The zero-order valence-corrected chi connectivity index (χ0v) is 11.6. The Labute approximate surface area is 105 Å². The van der Waals surface area contributed by atoms with Gasteiger partial charge in [0.05, 0.1) is 0 Å². The monoisotopic (exact) mass is 251 g/mol. The van der Waals surface area contributed by atoms with E-state index in [1.165, 1.54) is 0 Å². The number of thiol groups is 2. The zero-order valence-electron chi connectivity index (χ0n) is 9.79. The summed E-state index contributed by atoms with van der Waals surface area (Å²) >= 11 is 8.65. The third kappa shape index (κ3) is 8.39. The van der Waals surface area contributed by atoms with E-state index in [0.717, 1.165) is 37.7 Å². The fourth-order valence-corrected chi connectivity index (χ4v) is 1.84. The summed E-state index contributed by atoms with van der Waals surface area (Å²) in [5.74, 6) is 1.72. The van der Waals surface area contributed by atoms with Crippen molar-refractivity contribution in [1.82, 2.24) is 16.0 Å². The molecular weight excluding hydrogens is 226 g/mol. The van der Waals surface area contributed by atoms with Crippen LogP contribution in [-0.4, -0.2) is 49.8 Å². The molecule has 0 aliphatic heterocycles. The summed E-state index contributed by atoms with van der Waals surface area (Å²) in [5.41, 5.74) is 0. The van der Waals surface area contributed by atoms with Crippen molar-refractivity contribution in [2.24, 2.45) is 0 Å². The van der Waals surface area contributed by atoms with Crippen LogP contribution < -0.4 is 16.0 Å². The summed E-state index contributed by atoms with van der Waals surface area (Å²) in [6.45, 7) is 8.16. The van der Waals surface area contributed by atoms with E-state index in [2.05, 4.69) is 55.1 Å². The van der Waals surface area contributed by atoms with Gasteiger partial charge in [-0.2, -0.15) is 25.3 Å². The van der Waals surface area contributed by atoms with Gasteiger partial charge in [0.25, 0.3) is 0 Å². The van der Waals surface area contributed by atoms with Gasteiger partial charge in [0.1, 0.15) is 0 Å². The Morgan fingerprint density at radius 3 is 1.93 bits per heavy atom. The highest BCUT2D eigenvalue weighted by atomic mass is 32.1. The number of nitrogens with one attached hydrogen (secondary N) is 3. The molecule has 0 bridgehead atoms. The Morgan fingerprint density at radius 2 is 1.47 bits per heavy atom. The summed E-state index contributed by atoms with van der Waals surface area (Å²) in [6.07, 6.45) is 0. The lowest BCUT2D eigenvalue weighted by Crippen LogP contribution is -2.47. The molecule has 0 saturated carbocycles. The molecule has 0 aromatic heterocycles. The van der Waals surface area contributed by atoms with Gasteiger partial charge in [-0.05, 0) is 13.1 Å². The highest BCUT2D eigenvalue weighted by Crippen LogP contribution is 1.90. The number of rotatable bonds is 10. The molecule has 0 radical (unpaired) electrons. The maximum Gasteiger partial charge on any atom is 0.0281 e. The smallest absolute Gasteiger partial charge is 0.0281 e. The fourth-order valence-electron chi connectivity index (χ4n) is 1.32. The molecular formula is C10H25N3S2. The van der Waals surface area contributed by atoms with Crippen molar-refractivity contribution in [3.8, 4) is 0 Å². The van der Waals surface area contributed by atoms with E-state index in [9.17, 15) is 0 Å². The quantitative estimate of drug-likeness (QED) is 0.365. The molecule has 0 saturated heterocycles. The Bertz CT molecular complexity index is 136. The highest BCUT2D eigenvalue weighted by molar-refractivity contribution is 7.80. The predicted octanol–water partition coefficient (Wildman–Crippen LogP) is 0.392. The van der Waals surface area contributed by atoms with Crippen molar-refractivity contribution in [2.75, 3.05) is 37.7 Å². The van der Waals surface area contributed by atoms with E-state index in [4.69, 9.17) is 0 Å². The third-order valence-electron chi connectivity index (χ3n) is 2.23. The first-order chi connectivity index (χ1) is 7.28. The van der Waals surface area contributed by atoms with Gasteiger partial charge < -0.3 is 16.0 Å². The van der Waals surface area contributed by atoms with Gasteiger partial charge in [0.15, 0.2) is 0 Å². The maximum absolute atomic E-state index is 4.33. The Balaban J connectivity index is 3.66. The molecule has 0 aromatic carbocycles. The molecule has 15 heavy (non-hydrogen) atoms. The number of hydrogen-bond acceptors (Lipinski definition) is 5. The standard InChI is InChI=1S/C10H25N3S2/c1-3-11-5-9(7-14)13-6-10(8-15)12-4-2/h9-15H,3-8H2,1-2H3/t9-,10+/m1/s1. The number of hydrogen-bond donors (Lipinski definition) is 5. The molecule has 0 amide bonds. The van der Waals surface area contributed by atoms with E-state index in [1.807, 2.05) is 0 Å². The molecule has 0 unspecified atom stereocenters. The topological polar surface area (TPSA) is 36.1 Å². The van der Waals surface area contributed by atoms with Crippen LogP contribution in [0.3, 0.4) is 0 Å². The highest BCUT2D eigenvalue weighted by Gasteiger charge is 2.09. The lowest BCUT2D eigenvalue weighted by atomic mass is 10.2. The molecule has 0 aliphatic carbocycles. The molecule has 3 nitrogen and oxygen atoms in total. The molecule has 5 heteroatoms. The van der Waals surface area contributed by atoms with Gasteiger partial charge in [-0.3, -0.25) is 0 Å². The molecule has 0 heterocycles. The fraction of sp³-hybridized carbons (Fsp3) is 1.00. The molecule has 0 spiro atoms. The van der Waals surface area contributed by atoms with Crippen LogP contribution in [0.25, 0.3) is 0 Å². The third-order valence-corrected chi connectivity index (χ3v) is 3.11. The minimum absolute atomic E-state index is 0.439. The lowest BCUT2D eigenvalue weighted by molar-refractivity contribution is 0.461. The first-order valence-corrected chi connectivity index (χ1v) is 6.94. The van der Waals surface area contributed by atoms with Crippen molar-refractivity contribution in [1.29, 1.82) is 0 Å².